The first kappa shape index (κ1) is 9.64. The van der Waals surface area contributed by atoms with Gasteiger partial charge >= 0.3 is 0 Å². The molecule has 0 N–H and O–H groups in total. The van der Waals surface area contributed by atoms with Crippen LogP contribution in [0.1, 0.15) is 19.2 Å². The van der Waals surface area contributed by atoms with Crippen LogP contribution in [0.5, 0.6) is 0 Å². The Labute approximate surface area is 77.3 Å². The minimum Gasteiger partial charge on any atom is -0.299 e. The summed E-state index contributed by atoms with van der Waals surface area (Å²) in [5, 5.41) is 3.98. The number of aromatic nitrogens is 3. The fraction of sp³-hybridized carbons (Fsp3) is 0.444. The maximum Gasteiger partial charge on any atom is 0.144 e. The molecule has 0 saturated heterocycles. The van der Waals surface area contributed by atoms with Crippen LogP contribution in [0.15, 0.2) is 19.0 Å². The van der Waals surface area contributed by atoms with E-state index in [0.29, 0.717) is 12.8 Å². The minimum absolute atomic E-state index is 0.123. The van der Waals surface area contributed by atoms with E-state index in [1.807, 2.05) is 6.92 Å². The van der Waals surface area contributed by atoms with Gasteiger partial charge in [0.1, 0.15) is 17.9 Å². The lowest BCUT2D eigenvalue weighted by molar-refractivity contribution is -0.117. The summed E-state index contributed by atoms with van der Waals surface area (Å²) in [6.45, 7) is 6.22. The normalized spacial score (nSPS) is 9.92. The maximum absolute atomic E-state index is 11.2. The van der Waals surface area contributed by atoms with Crippen LogP contribution in [0.25, 0.3) is 0 Å². The molecule has 0 amide bonds. The third-order valence-electron chi connectivity index (χ3n) is 1.72. The molecule has 0 saturated carbocycles. The predicted molar refractivity (Wildman–Crippen MR) is 49.2 cm³/mol. The quantitative estimate of drug-likeness (QED) is 0.633. The largest absolute Gasteiger partial charge is 0.299 e. The Balaban J connectivity index is 2.62. The average molecular weight is 179 g/mol. The van der Waals surface area contributed by atoms with E-state index < -0.39 is 0 Å². The van der Waals surface area contributed by atoms with Crippen molar-refractivity contribution in [3.8, 4) is 0 Å². The number of hydrogen-bond acceptors (Lipinski definition) is 3. The fourth-order valence-corrected chi connectivity index (χ4v) is 1.10. The lowest BCUT2D eigenvalue weighted by Crippen LogP contribution is -2.09. The molecule has 0 aliphatic carbocycles. The second-order valence-corrected chi connectivity index (χ2v) is 2.70. The van der Waals surface area contributed by atoms with Crippen molar-refractivity contribution in [2.75, 3.05) is 0 Å². The summed E-state index contributed by atoms with van der Waals surface area (Å²) in [5.41, 5.74) is 0. The van der Waals surface area contributed by atoms with Gasteiger partial charge in [-0.15, -0.1) is 6.58 Å². The summed E-state index contributed by atoms with van der Waals surface area (Å²) in [5.74, 6) is 0.854. The van der Waals surface area contributed by atoms with Gasteiger partial charge in [0.15, 0.2) is 0 Å². The van der Waals surface area contributed by atoms with Crippen molar-refractivity contribution in [2.45, 2.75) is 26.3 Å². The number of rotatable bonds is 5. The van der Waals surface area contributed by atoms with Gasteiger partial charge in [0, 0.05) is 13.0 Å². The van der Waals surface area contributed by atoms with E-state index in [9.17, 15) is 4.79 Å². The molecule has 0 radical (unpaired) electrons. The number of allylic oxidation sites excluding steroid dienone is 1. The van der Waals surface area contributed by atoms with Crippen molar-refractivity contribution in [2.24, 2.45) is 0 Å². The number of Topliss-reactive ketones (excluding diaryl/α,β-unsaturated/α-hetero) is 1. The van der Waals surface area contributed by atoms with Crippen LogP contribution in [0.3, 0.4) is 0 Å². The molecule has 1 heterocycles. The van der Waals surface area contributed by atoms with Crippen molar-refractivity contribution in [1.29, 1.82) is 0 Å². The zero-order valence-electron chi connectivity index (χ0n) is 7.73. The van der Waals surface area contributed by atoms with Gasteiger partial charge < -0.3 is 0 Å². The molecular formula is C9H13N3O. The Morgan fingerprint density at radius 1 is 1.77 bits per heavy atom. The summed E-state index contributed by atoms with van der Waals surface area (Å²) < 4.78 is 1.72. The van der Waals surface area contributed by atoms with Crippen LogP contribution in [-0.4, -0.2) is 20.5 Å². The molecule has 0 aromatic carbocycles. The van der Waals surface area contributed by atoms with Gasteiger partial charge in [-0.3, -0.25) is 4.79 Å². The molecule has 0 bridgehead atoms. The third kappa shape index (κ3) is 2.50. The number of hydrogen-bond donors (Lipinski definition) is 0. The summed E-state index contributed by atoms with van der Waals surface area (Å²) >= 11 is 0. The molecule has 1 rings (SSSR count). The maximum atomic E-state index is 11.2. The number of carbonyl (C=O) groups is 1. The highest BCUT2D eigenvalue weighted by Crippen LogP contribution is 1.98. The topological polar surface area (TPSA) is 47.8 Å². The summed E-state index contributed by atoms with van der Waals surface area (Å²) in [6, 6.07) is 0. The van der Waals surface area contributed by atoms with Gasteiger partial charge in [-0.2, -0.15) is 5.10 Å². The summed E-state index contributed by atoms with van der Waals surface area (Å²) in [7, 11) is 0. The highest BCUT2D eigenvalue weighted by Gasteiger charge is 2.07. The van der Waals surface area contributed by atoms with Crippen LogP contribution in [0.2, 0.25) is 0 Å². The van der Waals surface area contributed by atoms with Crippen molar-refractivity contribution in [1.82, 2.24) is 14.8 Å². The highest BCUT2D eigenvalue weighted by molar-refractivity contribution is 5.81. The second-order valence-electron chi connectivity index (χ2n) is 2.70. The van der Waals surface area contributed by atoms with Crippen molar-refractivity contribution < 1.29 is 4.79 Å². The first-order chi connectivity index (χ1) is 6.27. The highest BCUT2D eigenvalue weighted by atomic mass is 16.1. The van der Waals surface area contributed by atoms with Gasteiger partial charge in [-0.1, -0.05) is 6.08 Å². The van der Waals surface area contributed by atoms with Crippen LogP contribution >= 0.6 is 0 Å². The van der Waals surface area contributed by atoms with Crippen molar-refractivity contribution in [3.05, 3.63) is 24.8 Å². The van der Waals surface area contributed by atoms with Gasteiger partial charge in [0.05, 0.1) is 6.42 Å². The minimum atomic E-state index is 0.123. The van der Waals surface area contributed by atoms with Crippen LogP contribution in [-0.2, 0) is 17.8 Å². The zero-order chi connectivity index (χ0) is 9.68. The van der Waals surface area contributed by atoms with Gasteiger partial charge in [0.25, 0.3) is 0 Å². The molecular weight excluding hydrogens is 166 g/mol. The molecule has 13 heavy (non-hydrogen) atoms. The van der Waals surface area contributed by atoms with E-state index in [0.717, 1.165) is 12.4 Å². The molecule has 0 aliphatic heterocycles. The van der Waals surface area contributed by atoms with Crippen LogP contribution in [0.4, 0.5) is 0 Å². The average Bonchev–Trinajstić information content (AvgIpc) is 2.52. The molecule has 1 aromatic heterocycles. The van der Waals surface area contributed by atoms with E-state index in [4.69, 9.17) is 0 Å². The third-order valence-corrected chi connectivity index (χ3v) is 1.72. The molecule has 0 spiro atoms. The van der Waals surface area contributed by atoms with E-state index in [-0.39, 0.29) is 5.78 Å². The first-order valence-electron chi connectivity index (χ1n) is 4.27. The Bertz CT molecular complexity index is 304. The number of carbonyl (C=O) groups excluding carboxylic acids is 1. The lowest BCUT2D eigenvalue weighted by atomic mass is 10.2. The molecule has 0 unspecified atom stereocenters. The van der Waals surface area contributed by atoms with Gasteiger partial charge in [-0.25, -0.2) is 9.67 Å². The van der Waals surface area contributed by atoms with E-state index in [1.165, 1.54) is 6.33 Å². The second kappa shape index (κ2) is 4.54. The number of nitrogens with zero attached hydrogens (tertiary/aromatic N) is 3. The summed E-state index contributed by atoms with van der Waals surface area (Å²) in [6.07, 6.45) is 3.82. The van der Waals surface area contributed by atoms with Crippen molar-refractivity contribution in [3.63, 3.8) is 0 Å². The van der Waals surface area contributed by atoms with E-state index in [1.54, 1.807) is 10.8 Å². The Hall–Kier alpha value is -1.45. The standard InChI is InChI=1S/C9H13N3O/c1-3-5-8(13)6-9-10-7-11-12(9)4-2/h3,7H,1,4-6H2,2H3. The molecule has 0 atom stereocenters. The van der Waals surface area contributed by atoms with Gasteiger partial charge in [-0.05, 0) is 6.92 Å². The first-order valence-corrected chi connectivity index (χ1v) is 4.27. The fourth-order valence-electron chi connectivity index (χ4n) is 1.10. The Morgan fingerprint density at radius 3 is 3.15 bits per heavy atom. The molecule has 70 valence electrons. The molecule has 1 aromatic rings. The SMILES string of the molecule is C=CCC(=O)Cc1ncnn1CC. The zero-order valence-corrected chi connectivity index (χ0v) is 7.73. The molecule has 4 heteroatoms. The lowest BCUT2D eigenvalue weighted by Gasteiger charge is -2.00. The molecule has 0 aliphatic rings. The Morgan fingerprint density at radius 2 is 2.54 bits per heavy atom. The number of aryl methyl sites for hydroxylation is 1. The monoisotopic (exact) mass is 179 g/mol. The molecule has 4 nitrogen and oxygen atoms in total. The van der Waals surface area contributed by atoms with E-state index >= 15 is 0 Å². The van der Waals surface area contributed by atoms with Crippen LogP contribution < -0.4 is 0 Å². The van der Waals surface area contributed by atoms with Gasteiger partial charge in [0.2, 0.25) is 0 Å². The van der Waals surface area contributed by atoms with Crippen molar-refractivity contribution >= 4 is 5.78 Å². The molecule has 0 fully saturated rings. The Kier molecular flexibility index (Phi) is 3.37. The number of ketones is 1. The van der Waals surface area contributed by atoms with Crippen LogP contribution in [0, 0.1) is 0 Å². The summed E-state index contributed by atoms with van der Waals surface area (Å²) in [4.78, 5) is 15.2. The van der Waals surface area contributed by atoms with E-state index in [2.05, 4.69) is 16.7 Å². The smallest absolute Gasteiger partial charge is 0.144 e. The predicted octanol–water partition coefficient (Wildman–Crippen LogP) is 0.986.